The first-order valence-corrected chi connectivity index (χ1v) is 10.0. The lowest BCUT2D eigenvalue weighted by Gasteiger charge is -2.16. The number of anilines is 2. The molecule has 0 bridgehead atoms. The summed E-state index contributed by atoms with van der Waals surface area (Å²) >= 11 is 11.1. The van der Waals surface area contributed by atoms with Crippen LogP contribution in [0.25, 0.3) is 0 Å². The maximum Gasteiger partial charge on any atom is 0.240 e. The van der Waals surface area contributed by atoms with Gasteiger partial charge in [0.1, 0.15) is 5.75 Å². The molecule has 0 heterocycles. The molecule has 2 aromatic rings. The zero-order valence-corrected chi connectivity index (χ0v) is 16.9. The van der Waals surface area contributed by atoms with Gasteiger partial charge in [0.25, 0.3) is 0 Å². The smallest absolute Gasteiger partial charge is 0.240 e. The van der Waals surface area contributed by atoms with Crippen LogP contribution in [0.4, 0.5) is 11.4 Å². The third kappa shape index (κ3) is 5.57. The van der Waals surface area contributed by atoms with Gasteiger partial charge in [-0.2, -0.15) is 0 Å². The second kappa shape index (κ2) is 8.68. The lowest BCUT2D eigenvalue weighted by atomic mass is 10.3. The van der Waals surface area contributed by atoms with Gasteiger partial charge in [-0.1, -0.05) is 11.6 Å². The molecule has 0 fully saturated rings. The van der Waals surface area contributed by atoms with Crippen LogP contribution < -0.4 is 20.1 Å². The molecule has 6 nitrogen and oxygen atoms in total. The minimum absolute atomic E-state index is 0.115. The van der Waals surface area contributed by atoms with Crippen LogP contribution in [0.5, 0.6) is 5.75 Å². The molecular weight excluding hydrogens is 394 g/mol. The Morgan fingerprint density at radius 3 is 2.35 bits per heavy atom. The van der Waals surface area contributed by atoms with Crippen LogP contribution >= 0.6 is 23.8 Å². The van der Waals surface area contributed by atoms with Crippen LogP contribution in [-0.4, -0.2) is 26.7 Å². The molecule has 0 saturated heterocycles. The second-order valence-electron chi connectivity index (χ2n) is 5.72. The van der Waals surface area contributed by atoms with Gasteiger partial charge in [0, 0.05) is 16.8 Å². The summed E-state index contributed by atoms with van der Waals surface area (Å²) in [7, 11) is -2.13. The van der Waals surface area contributed by atoms with E-state index in [9.17, 15) is 8.42 Å². The van der Waals surface area contributed by atoms with Crippen LogP contribution in [-0.2, 0) is 10.0 Å². The third-order valence-electron chi connectivity index (χ3n) is 3.22. The van der Waals surface area contributed by atoms with E-state index < -0.39 is 10.0 Å². The van der Waals surface area contributed by atoms with Crippen molar-refractivity contribution in [2.24, 2.45) is 0 Å². The van der Waals surface area contributed by atoms with Crippen molar-refractivity contribution < 1.29 is 13.2 Å². The predicted octanol–water partition coefficient (Wildman–Crippen LogP) is 3.84. The van der Waals surface area contributed by atoms with E-state index in [1.807, 2.05) is 0 Å². The molecule has 0 spiro atoms. The number of hydrogen-bond acceptors (Lipinski definition) is 4. The van der Waals surface area contributed by atoms with Crippen LogP contribution in [0.15, 0.2) is 47.4 Å². The zero-order valence-electron chi connectivity index (χ0n) is 14.5. The molecule has 0 aliphatic heterocycles. The average molecular weight is 414 g/mol. The van der Waals surface area contributed by atoms with E-state index in [0.717, 1.165) is 5.69 Å². The predicted molar refractivity (Wildman–Crippen MR) is 110 cm³/mol. The second-order valence-corrected chi connectivity index (χ2v) is 8.28. The van der Waals surface area contributed by atoms with E-state index in [4.69, 9.17) is 28.6 Å². The highest BCUT2D eigenvalue weighted by atomic mass is 35.5. The molecule has 140 valence electrons. The summed E-state index contributed by atoms with van der Waals surface area (Å²) in [5, 5.41) is 6.87. The lowest BCUT2D eigenvalue weighted by molar-refractivity contribution is 0.416. The van der Waals surface area contributed by atoms with Crippen molar-refractivity contribution in [3.8, 4) is 5.75 Å². The monoisotopic (exact) mass is 413 g/mol. The molecule has 3 N–H and O–H groups in total. The number of methoxy groups -OCH3 is 1. The summed E-state index contributed by atoms with van der Waals surface area (Å²) in [4.78, 5) is 0.115. The number of nitrogens with one attached hydrogen (secondary N) is 3. The van der Waals surface area contributed by atoms with E-state index in [-0.39, 0.29) is 16.0 Å². The molecule has 2 aromatic carbocycles. The molecule has 0 saturated carbocycles. The minimum Gasteiger partial charge on any atom is -0.495 e. The Balaban J connectivity index is 2.22. The van der Waals surface area contributed by atoms with Crippen molar-refractivity contribution in [1.82, 2.24) is 4.72 Å². The number of thiocarbonyl (C=S) groups is 1. The largest absolute Gasteiger partial charge is 0.495 e. The van der Waals surface area contributed by atoms with Crippen molar-refractivity contribution in [3.63, 3.8) is 0 Å². The molecular formula is C17H20ClN3O3S2. The number of hydrogen-bond donors (Lipinski definition) is 3. The number of halogens is 1. The topological polar surface area (TPSA) is 79.5 Å². The normalized spacial score (nSPS) is 11.3. The summed E-state index contributed by atoms with van der Waals surface area (Å²) in [6.07, 6.45) is 0. The van der Waals surface area contributed by atoms with Gasteiger partial charge < -0.3 is 15.4 Å². The molecule has 0 radical (unpaired) electrons. The first-order valence-electron chi connectivity index (χ1n) is 7.75. The third-order valence-corrected chi connectivity index (χ3v) is 5.33. The summed E-state index contributed by atoms with van der Waals surface area (Å²) in [6.45, 7) is 3.51. The first-order chi connectivity index (χ1) is 12.2. The maximum absolute atomic E-state index is 12.4. The summed E-state index contributed by atoms with van der Waals surface area (Å²) in [5.74, 6) is 0.466. The summed E-state index contributed by atoms with van der Waals surface area (Å²) < 4.78 is 32.5. The van der Waals surface area contributed by atoms with Gasteiger partial charge in [-0.25, -0.2) is 13.1 Å². The van der Waals surface area contributed by atoms with Crippen molar-refractivity contribution in [2.75, 3.05) is 17.7 Å². The minimum atomic E-state index is -3.63. The molecule has 0 amide bonds. The van der Waals surface area contributed by atoms with Gasteiger partial charge in [-0.15, -0.1) is 0 Å². The highest BCUT2D eigenvalue weighted by molar-refractivity contribution is 7.89. The fourth-order valence-electron chi connectivity index (χ4n) is 2.15. The van der Waals surface area contributed by atoms with E-state index >= 15 is 0 Å². The molecule has 2 rings (SSSR count). The van der Waals surface area contributed by atoms with Crippen LogP contribution in [0.2, 0.25) is 5.02 Å². The Hall–Kier alpha value is -1.87. The first kappa shape index (κ1) is 20.4. The zero-order chi connectivity index (χ0) is 19.3. The maximum atomic E-state index is 12.4. The lowest BCUT2D eigenvalue weighted by Crippen LogP contribution is -2.30. The van der Waals surface area contributed by atoms with Gasteiger partial charge in [0.05, 0.1) is 17.7 Å². The van der Waals surface area contributed by atoms with Gasteiger partial charge in [0.15, 0.2) is 5.11 Å². The molecule has 0 unspecified atom stereocenters. The Morgan fingerprint density at radius 2 is 1.77 bits per heavy atom. The van der Waals surface area contributed by atoms with Crippen molar-refractivity contribution in [3.05, 3.63) is 47.5 Å². The van der Waals surface area contributed by atoms with Gasteiger partial charge >= 0.3 is 0 Å². The summed E-state index contributed by atoms with van der Waals surface area (Å²) in [5.41, 5.74) is 1.18. The van der Waals surface area contributed by atoms with Crippen LogP contribution in [0.1, 0.15) is 13.8 Å². The Bertz CT molecular complexity index is 885. The Morgan fingerprint density at radius 1 is 1.12 bits per heavy atom. The van der Waals surface area contributed by atoms with Crippen LogP contribution in [0.3, 0.4) is 0 Å². The molecule has 0 atom stereocenters. The standard InChI is InChI=1S/C17H20ClN3O3S2/c1-11(2)21-26(22,23)14-8-9-16(24-3)15(10-14)20-17(25)19-13-6-4-12(18)5-7-13/h4-11,21H,1-3H3,(H2,19,20,25). The highest BCUT2D eigenvalue weighted by Crippen LogP contribution is 2.28. The fraction of sp³-hybridized carbons (Fsp3) is 0.235. The average Bonchev–Trinajstić information content (AvgIpc) is 2.55. The number of sulfonamides is 1. The molecule has 9 heteroatoms. The van der Waals surface area contributed by atoms with Crippen molar-refractivity contribution in [1.29, 1.82) is 0 Å². The van der Waals surface area contributed by atoms with Gasteiger partial charge in [-0.05, 0) is 68.5 Å². The fourth-order valence-corrected chi connectivity index (χ4v) is 3.78. The highest BCUT2D eigenvalue weighted by Gasteiger charge is 2.18. The molecule has 0 aliphatic rings. The van der Waals surface area contributed by atoms with E-state index in [2.05, 4.69) is 15.4 Å². The molecule has 26 heavy (non-hydrogen) atoms. The molecule has 0 aliphatic carbocycles. The number of ether oxygens (including phenoxy) is 1. The van der Waals surface area contributed by atoms with Crippen molar-refractivity contribution >= 4 is 50.3 Å². The van der Waals surface area contributed by atoms with Gasteiger partial charge in [0.2, 0.25) is 10.0 Å². The van der Waals surface area contributed by atoms with Crippen LogP contribution in [0, 0.1) is 0 Å². The quantitative estimate of drug-likeness (QED) is 0.624. The van der Waals surface area contributed by atoms with Crippen molar-refractivity contribution in [2.45, 2.75) is 24.8 Å². The number of rotatable bonds is 6. The number of benzene rings is 2. The molecule has 0 aromatic heterocycles. The van der Waals surface area contributed by atoms with E-state index in [1.165, 1.54) is 19.2 Å². The van der Waals surface area contributed by atoms with E-state index in [1.54, 1.807) is 44.2 Å². The van der Waals surface area contributed by atoms with Gasteiger partial charge in [-0.3, -0.25) is 0 Å². The Labute approximate surface area is 163 Å². The summed E-state index contributed by atoms with van der Waals surface area (Å²) in [6, 6.07) is 11.3. The Kier molecular flexibility index (Phi) is 6.82. The SMILES string of the molecule is COc1ccc(S(=O)(=O)NC(C)C)cc1NC(=S)Nc1ccc(Cl)cc1. The van der Waals surface area contributed by atoms with E-state index in [0.29, 0.717) is 16.5 Å².